The van der Waals surface area contributed by atoms with Crippen LogP contribution in [0.25, 0.3) is 0 Å². The molecule has 1 fully saturated rings. The molecule has 1 aliphatic heterocycles. The molecule has 0 amide bonds. The maximum absolute atomic E-state index is 10.4. The zero-order chi connectivity index (χ0) is 26.0. The van der Waals surface area contributed by atoms with Gasteiger partial charge in [-0.2, -0.15) is 0 Å². The Balaban J connectivity index is 1.53. The van der Waals surface area contributed by atoms with E-state index in [-0.39, 0.29) is 6.10 Å². The Kier molecular flexibility index (Phi) is 16.4. The summed E-state index contributed by atoms with van der Waals surface area (Å²) in [5.41, 5.74) is 0.533. The molecule has 0 unspecified atom stereocenters. The lowest BCUT2D eigenvalue weighted by Crippen LogP contribution is -2.55. The monoisotopic (exact) mass is 507 g/mol. The molecule has 0 saturated carbocycles. The number of hydrogen-bond donors (Lipinski definition) is 4. The molecule has 6 nitrogen and oxygen atoms in total. The van der Waals surface area contributed by atoms with Crippen LogP contribution < -0.4 is 4.74 Å². The molecule has 1 aromatic rings. The number of para-hydroxylation sites is 1. The minimum atomic E-state index is -1.43. The van der Waals surface area contributed by atoms with Gasteiger partial charge in [-0.15, -0.1) is 0 Å². The van der Waals surface area contributed by atoms with Gasteiger partial charge in [0.1, 0.15) is 30.2 Å². The van der Waals surface area contributed by atoms with Crippen molar-refractivity contribution < 1.29 is 29.9 Å². The van der Waals surface area contributed by atoms with Crippen molar-refractivity contribution in [2.45, 2.75) is 134 Å². The summed E-state index contributed by atoms with van der Waals surface area (Å²) in [5, 5.41) is 40.0. The van der Waals surface area contributed by atoms with E-state index in [1.165, 1.54) is 89.9 Å². The van der Waals surface area contributed by atoms with Gasteiger partial charge in [-0.25, -0.2) is 0 Å². The van der Waals surface area contributed by atoms with Gasteiger partial charge in [-0.1, -0.05) is 121 Å². The van der Waals surface area contributed by atoms with Crippen molar-refractivity contribution in [3.8, 4) is 5.75 Å². The van der Waals surface area contributed by atoms with Crippen molar-refractivity contribution in [3.63, 3.8) is 0 Å². The maximum atomic E-state index is 10.4. The Labute approximate surface area is 219 Å². The molecule has 207 valence electrons. The lowest BCUT2D eigenvalue weighted by molar-refractivity contribution is -0.184. The third-order valence-electron chi connectivity index (χ3n) is 7.19. The average Bonchev–Trinajstić information content (AvgIpc) is 2.89. The largest absolute Gasteiger partial charge is 0.493 e. The number of ether oxygens (including phenoxy) is 2. The topological polar surface area (TPSA) is 99.4 Å². The lowest BCUT2D eigenvalue weighted by atomic mass is 9.91. The molecule has 2 rings (SSSR count). The average molecular weight is 508 g/mol. The van der Waals surface area contributed by atoms with Crippen LogP contribution in [0.3, 0.4) is 0 Å². The molecule has 1 aliphatic rings. The van der Waals surface area contributed by atoms with Gasteiger partial charge in [0.2, 0.25) is 0 Å². The quantitative estimate of drug-likeness (QED) is 0.169. The fraction of sp³-hybridized carbons (Fsp3) is 0.767. The molecule has 1 heterocycles. The van der Waals surface area contributed by atoms with E-state index < -0.39 is 31.0 Å². The summed E-state index contributed by atoms with van der Waals surface area (Å²) in [4.78, 5) is 0. The Bertz CT molecular complexity index is 667. The van der Waals surface area contributed by atoms with Crippen LogP contribution in [0.1, 0.15) is 115 Å². The van der Waals surface area contributed by atoms with Crippen LogP contribution in [0.2, 0.25) is 0 Å². The smallest absolute Gasteiger partial charge is 0.161 e. The maximum Gasteiger partial charge on any atom is 0.161 e. The fourth-order valence-corrected chi connectivity index (χ4v) is 4.86. The van der Waals surface area contributed by atoms with E-state index in [2.05, 4.69) is 6.92 Å². The predicted molar refractivity (Wildman–Crippen MR) is 144 cm³/mol. The van der Waals surface area contributed by atoms with E-state index in [4.69, 9.17) is 9.47 Å². The minimum Gasteiger partial charge on any atom is -0.493 e. The van der Waals surface area contributed by atoms with Crippen LogP contribution >= 0.6 is 0 Å². The normalized spacial score (nSPS) is 22.7. The Hall–Kier alpha value is -1.18. The van der Waals surface area contributed by atoms with Crippen LogP contribution in [0.5, 0.6) is 5.75 Å². The van der Waals surface area contributed by atoms with E-state index in [1.807, 2.05) is 6.07 Å². The highest BCUT2D eigenvalue weighted by atomic mass is 16.5. The number of unbranched alkanes of at least 4 members (excludes halogenated alkanes) is 15. The third kappa shape index (κ3) is 11.1. The van der Waals surface area contributed by atoms with Crippen molar-refractivity contribution in [1.82, 2.24) is 0 Å². The van der Waals surface area contributed by atoms with E-state index in [9.17, 15) is 20.4 Å². The molecule has 0 bridgehead atoms. The number of benzene rings is 1. The van der Waals surface area contributed by atoms with Crippen LogP contribution in [0.15, 0.2) is 24.3 Å². The highest BCUT2D eigenvalue weighted by Crippen LogP contribution is 2.36. The lowest BCUT2D eigenvalue weighted by Gasteiger charge is -2.39. The first-order valence-electron chi connectivity index (χ1n) is 14.5. The molecular formula is C30H51O6. The van der Waals surface area contributed by atoms with Crippen LogP contribution in [-0.2, 0) is 4.74 Å². The number of aliphatic hydroxyl groups is 4. The first-order valence-corrected chi connectivity index (χ1v) is 14.5. The molecule has 1 saturated heterocycles. The second-order valence-corrected chi connectivity index (χ2v) is 10.3. The highest BCUT2D eigenvalue weighted by molar-refractivity contribution is 5.43. The molecule has 36 heavy (non-hydrogen) atoms. The standard InChI is InChI=1S/C30H51O6/c1-2-3-4-5-6-7-8-9-10-11-12-13-14-15-16-19-22-35-25-21-18-17-20-24(25)30-29(34)28(33)27(32)26(23-31)36-30/h17-18,20-21,26-29,31-34H,2-16,19,22-23H2,1H3/t26-,27-,28+,29+/m1/s1. The van der Waals surface area contributed by atoms with Gasteiger partial charge in [0, 0.05) is 5.56 Å². The number of rotatable bonds is 20. The van der Waals surface area contributed by atoms with E-state index in [1.54, 1.807) is 18.2 Å². The fourth-order valence-electron chi connectivity index (χ4n) is 4.86. The Morgan fingerprint density at radius 3 is 1.72 bits per heavy atom. The van der Waals surface area contributed by atoms with Gasteiger partial charge < -0.3 is 29.9 Å². The van der Waals surface area contributed by atoms with E-state index >= 15 is 0 Å². The molecule has 1 aromatic carbocycles. The molecule has 0 spiro atoms. The van der Waals surface area contributed by atoms with Crippen molar-refractivity contribution in [2.24, 2.45) is 0 Å². The van der Waals surface area contributed by atoms with Gasteiger partial charge >= 0.3 is 0 Å². The summed E-state index contributed by atoms with van der Waals surface area (Å²) >= 11 is 0. The van der Waals surface area contributed by atoms with Crippen molar-refractivity contribution in [2.75, 3.05) is 13.2 Å². The van der Waals surface area contributed by atoms with Crippen LogP contribution in [0, 0.1) is 6.10 Å². The van der Waals surface area contributed by atoms with Gasteiger partial charge in [-0.3, -0.25) is 0 Å². The third-order valence-corrected chi connectivity index (χ3v) is 7.19. The van der Waals surface area contributed by atoms with E-state index in [0.717, 1.165) is 12.8 Å². The van der Waals surface area contributed by atoms with Gasteiger partial charge in [0.05, 0.1) is 13.2 Å². The molecule has 6 heteroatoms. The minimum absolute atomic E-state index is 0.120. The highest BCUT2D eigenvalue weighted by Gasteiger charge is 2.45. The SMILES string of the molecule is CCCCCCCCCCCCCCCCCCOc1ccccc1[C]1O[C@H](CO)[C@@H](O)[C@H](O)[C@@H]1O. The van der Waals surface area contributed by atoms with Crippen molar-refractivity contribution >= 4 is 0 Å². The van der Waals surface area contributed by atoms with E-state index in [0.29, 0.717) is 17.9 Å². The van der Waals surface area contributed by atoms with Gasteiger partial charge in [0.15, 0.2) is 6.10 Å². The zero-order valence-corrected chi connectivity index (χ0v) is 22.5. The van der Waals surface area contributed by atoms with Crippen LogP contribution in [0.4, 0.5) is 0 Å². The predicted octanol–water partition coefficient (Wildman–Crippen LogP) is 5.68. The van der Waals surface area contributed by atoms with Gasteiger partial charge in [-0.05, 0) is 12.5 Å². The first kappa shape index (κ1) is 31.0. The second kappa shape index (κ2) is 19.0. The molecular weight excluding hydrogens is 456 g/mol. The number of aliphatic hydroxyl groups excluding tert-OH is 4. The molecule has 0 aliphatic carbocycles. The molecule has 4 N–H and O–H groups in total. The zero-order valence-electron chi connectivity index (χ0n) is 22.5. The van der Waals surface area contributed by atoms with Crippen molar-refractivity contribution in [1.29, 1.82) is 0 Å². The second-order valence-electron chi connectivity index (χ2n) is 10.3. The van der Waals surface area contributed by atoms with Crippen LogP contribution in [-0.4, -0.2) is 58.1 Å². The molecule has 4 atom stereocenters. The van der Waals surface area contributed by atoms with Gasteiger partial charge in [0.25, 0.3) is 0 Å². The molecule has 0 aromatic heterocycles. The molecule has 1 radical (unpaired) electrons. The summed E-state index contributed by atoms with van der Waals surface area (Å²) in [6.45, 7) is 2.37. The Morgan fingerprint density at radius 2 is 1.19 bits per heavy atom. The summed E-state index contributed by atoms with van der Waals surface area (Å²) in [6.07, 6.45) is 16.1. The number of hydrogen-bond acceptors (Lipinski definition) is 6. The summed E-state index contributed by atoms with van der Waals surface area (Å²) in [6, 6.07) is 7.19. The summed E-state index contributed by atoms with van der Waals surface area (Å²) in [7, 11) is 0. The first-order chi connectivity index (χ1) is 17.6. The van der Waals surface area contributed by atoms with Crippen molar-refractivity contribution in [3.05, 3.63) is 35.9 Å². The summed E-state index contributed by atoms with van der Waals surface area (Å²) < 4.78 is 11.6. The summed E-state index contributed by atoms with van der Waals surface area (Å²) in [5.74, 6) is 0.563. The Morgan fingerprint density at radius 1 is 0.694 bits per heavy atom.